The number of benzene rings is 2. The number of nitrogens with zero attached hydrogens (tertiary/aromatic N) is 3. The molecular weight excluding hydrogens is 438 g/mol. The van der Waals surface area contributed by atoms with Crippen LogP contribution in [0.5, 0.6) is 11.5 Å². The van der Waals surface area contributed by atoms with Gasteiger partial charge in [-0.1, -0.05) is 23.7 Å². The van der Waals surface area contributed by atoms with Gasteiger partial charge in [0.05, 0.1) is 6.54 Å². The van der Waals surface area contributed by atoms with Gasteiger partial charge in [-0.3, -0.25) is 9.58 Å². The lowest BCUT2D eigenvalue weighted by atomic mass is 9.92. The van der Waals surface area contributed by atoms with Gasteiger partial charge in [0.1, 0.15) is 30.3 Å². The van der Waals surface area contributed by atoms with Gasteiger partial charge in [0, 0.05) is 37.1 Å². The molecule has 2 heterocycles. The van der Waals surface area contributed by atoms with E-state index in [4.69, 9.17) is 21.1 Å². The summed E-state index contributed by atoms with van der Waals surface area (Å²) >= 11 is 6.24. The predicted octanol–water partition coefficient (Wildman–Crippen LogP) is 4.64. The highest BCUT2D eigenvalue weighted by atomic mass is 35.5. The van der Waals surface area contributed by atoms with Gasteiger partial charge < -0.3 is 14.6 Å². The Labute approximate surface area is 200 Å². The Morgan fingerprint density at radius 2 is 1.79 bits per heavy atom. The van der Waals surface area contributed by atoms with Gasteiger partial charge in [-0.25, -0.2) is 0 Å². The first-order valence-electron chi connectivity index (χ1n) is 11.4. The Balaban J connectivity index is 1.24. The van der Waals surface area contributed by atoms with Crippen LogP contribution in [0.25, 0.3) is 0 Å². The Kier molecular flexibility index (Phi) is 7.58. The van der Waals surface area contributed by atoms with E-state index in [0.717, 1.165) is 53.8 Å². The summed E-state index contributed by atoms with van der Waals surface area (Å²) in [6.45, 7) is 8.01. The lowest BCUT2D eigenvalue weighted by Gasteiger charge is -2.38. The van der Waals surface area contributed by atoms with E-state index in [1.54, 1.807) is 6.20 Å². The van der Waals surface area contributed by atoms with E-state index in [0.29, 0.717) is 26.1 Å². The number of aromatic nitrogens is 2. The third-order valence-corrected chi connectivity index (χ3v) is 6.75. The second-order valence-electron chi connectivity index (χ2n) is 8.93. The maximum absolute atomic E-state index is 11.0. The van der Waals surface area contributed by atoms with E-state index in [-0.39, 0.29) is 0 Å². The van der Waals surface area contributed by atoms with Crippen LogP contribution in [-0.4, -0.2) is 51.7 Å². The second kappa shape index (κ2) is 10.6. The molecule has 4 rings (SSSR count). The van der Waals surface area contributed by atoms with Crippen LogP contribution in [0, 0.1) is 13.8 Å². The topological polar surface area (TPSA) is 59.8 Å². The lowest BCUT2D eigenvalue weighted by Crippen LogP contribution is -2.47. The molecule has 3 aromatic rings. The quantitative estimate of drug-likeness (QED) is 0.494. The molecule has 0 amide bonds. The minimum Gasteiger partial charge on any atom is -0.492 e. The standard InChI is InChI=1S/C26H32ClN3O3/c1-20-15-24(16-21(2)25(20)27)33-19-26(31)7-11-29(12-8-26)18-22-5-3-6-23(17-22)32-14-13-30-10-4-9-28-30/h3-6,9-10,15-17,31H,7-8,11-14,18-19H2,1-2H3. The molecular formula is C26H32ClN3O3. The predicted molar refractivity (Wildman–Crippen MR) is 130 cm³/mol. The van der Waals surface area contributed by atoms with Gasteiger partial charge in [-0.15, -0.1) is 0 Å². The zero-order valence-corrected chi connectivity index (χ0v) is 20.1. The molecule has 1 N–H and O–H groups in total. The number of piperidine rings is 1. The van der Waals surface area contributed by atoms with Crippen LogP contribution in [-0.2, 0) is 13.1 Å². The molecule has 0 saturated carbocycles. The highest BCUT2D eigenvalue weighted by Gasteiger charge is 2.33. The molecule has 7 heteroatoms. The number of ether oxygens (including phenoxy) is 2. The number of halogens is 1. The van der Waals surface area contributed by atoms with Gasteiger partial charge in [0.25, 0.3) is 0 Å². The van der Waals surface area contributed by atoms with Gasteiger partial charge in [0.2, 0.25) is 0 Å². The van der Waals surface area contributed by atoms with Gasteiger partial charge >= 0.3 is 0 Å². The molecule has 1 aliphatic rings. The summed E-state index contributed by atoms with van der Waals surface area (Å²) in [5.41, 5.74) is 2.37. The van der Waals surface area contributed by atoms with Crippen LogP contribution in [0.4, 0.5) is 0 Å². The molecule has 33 heavy (non-hydrogen) atoms. The first-order valence-corrected chi connectivity index (χ1v) is 11.8. The van der Waals surface area contributed by atoms with E-state index in [2.05, 4.69) is 22.1 Å². The smallest absolute Gasteiger partial charge is 0.120 e. The summed E-state index contributed by atoms with van der Waals surface area (Å²) < 4.78 is 13.7. The molecule has 0 atom stereocenters. The molecule has 0 unspecified atom stereocenters. The zero-order valence-electron chi connectivity index (χ0n) is 19.3. The molecule has 0 radical (unpaired) electrons. The molecule has 176 valence electrons. The SMILES string of the molecule is Cc1cc(OCC2(O)CCN(Cc3cccc(OCCn4cccn4)c3)CC2)cc(C)c1Cl. The summed E-state index contributed by atoms with van der Waals surface area (Å²) in [7, 11) is 0. The lowest BCUT2D eigenvalue weighted by molar-refractivity contribution is -0.0537. The molecule has 0 aliphatic carbocycles. The number of hydrogen-bond acceptors (Lipinski definition) is 5. The summed E-state index contributed by atoms with van der Waals surface area (Å²) in [5.74, 6) is 1.63. The van der Waals surface area contributed by atoms with Crippen molar-refractivity contribution in [3.8, 4) is 11.5 Å². The number of likely N-dealkylation sites (tertiary alicyclic amines) is 1. The van der Waals surface area contributed by atoms with E-state index >= 15 is 0 Å². The van der Waals surface area contributed by atoms with E-state index < -0.39 is 5.60 Å². The Hall–Kier alpha value is -2.54. The number of hydrogen-bond donors (Lipinski definition) is 1. The van der Waals surface area contributed by atoms with Crippen molar-refractivity contribution in [2.24, 2.45) is 0 Å². The third kappa shape index (κ3) is 6.50. The second-order valence-corrected chi connectivity index (χ2v) is 9.30. The van der Waals surface area contributed by atoms with Crippen molar-refractivity contribution >= 4 is 11.6 Å². The van der Waals surface area contributed by atoms with Gasteiger partial charge in [-0.2, -0.15) is 5.10 Å². The van der Waals surface area contributed by atoms with Crippen LogP contribution in [0.2, 0.25) is 5.02 Å². The van der Waals surface area contributed by atoms with Crippen LogP contribution >= 0.6 is 11.6 Å². The molecule has 1 aliphatic heterocycles. The Morgan fingerprint density at radius 3 is 2.48 bits per heavy atom. The van der Waals surface area contributed by atoms with Crippen molar-refractivity contribution in [2.75, 3.05) is 26.3 Å². The first kappa shape index (κ1) is 23.6. The van der Waals surface area contributed by atoms with E-state index in [9.17, 15) is 5.11 Å². The summed E-state index contributed by atoms with van der Waals surface area (Å²) in [5, 5.41) is 16.0. The molecule has 1 aromatic heterocycles. The van der Waals surface area contributed by atoms with Crippen molar-refractivity contribution in [1.82, 2.24) is 14.7 Å². The van der Waals surface area contributed by atoms with Crippen molar-refractivity contribution in [3.63, 3.8) is 0 Å². The highest BCUT2D eigenvalue weighted by molar-refractivity contribution is 6.32. The summed E-state index contributed by atoms with van der Waals surface area (Å²) in [4.78, 5) is 2.37. The first-order chi connectivity index (χ1) is 15.9. The van der Waals surface area contributed by atoms with E-state index in [1.165, 1.54) is 5.56 Å². The minimum atomic E-state index is -0.810. The summed E-state index contributed by atoms with van der Waals surface area (Å²) in [6.07, 6.45) is 5.06. The fourth-order valence-corrected chi connectivity index (χ4v) is 4.27. The van der Waals surface area contributed by atoms with Gasteiger partial charge in [-0.05, 0) is 73.7 Å². The number of aliphatic hydroxyl groups is 1. The molecule has 2 aromatic carbocycles. The van der Waals surface area contributed by atoms with Crippen LogP contribution in [0.15, 0.2) is 54.9 Å². The molecule has 0 spiro atoms. The maximum atomic E-state index is 11.0. The van der Waals surface area contributed by atoms with Crippen molar-refractivity contribution in [1.29, 1.82) is 0 Å². The van der Waals surface area contributed by atoms with Crippen LogP contribution < -0.4 is 9.47 Å². The Morgan fingerprint density at radius 1 is 1.03 bits per heavy atom. The average Bonchev–Trinajstić information content (AvgIpc) is 3.32. The van der Waals surface area contributed by atoms with Gasteiger partial charge in [0.15, 0.2) is 0 Å². The highest BCUT2D eigenvalue weighted by Crippen LogP contribution is 2.29. The molecule has 1 fully saturated rings. The minimum absolute atomic E-state index is 0.293. The Bertz CT molecular complexity index is 1020. The van der Waals surface area contributed by atoms with Crippen LogP contribution in [0.3, 0.4) is 0 Å². The zero-order chi connectivity index (χ0) is 23.3. The largest absolute Gasteiger partial charge is 0.492 e. The fraction of sp³-hybridized carbons (Fsp3) is 0.423. The van der Waals surface area contributed by atoms with Crippen molar-refractivity contribution < 1.29 is 14.6 Å². The number of aryl methyl sites for hydroxylation is 2. The van der Waals surface area contributed by atoms with E-state index in [1.807, 2.05) is 55.1 Å². The maximum Gasteiger partial charge on any atom is 0.120 e. The number of rotatable bonds is 9. The molecule has 0 bridgehead atoms. The van der Waals surface area contributed by atoms with Crippen molar-refractivity contribution in [2.45, 2.75) is 45.4 Å². The fourth-order valence-electron chi connectivity index (χ4n) is 4.16. The monoisotopic (exact) mass is 469 g/mol. The normalized spacial score (nSPS) is 16.0. The summed E-state index contributed by atoms with van der Waals surface area (Å²) in [6, 6.07) is 14.0. The van der Waals surface area contributed by atoms with Crippen LogP contribution in [0.1, 0.15) is 29.5 Å². The average molecular weight is 470 g/mol. The molecule has 6 nitrogen and oxygen atoms in total. The molecule has 1 saturated heterocycles. The third-order valence-electron chi connectivity index (χ3n) is 6.16. The van der Waals surface area contributed by atoms with Crippen molar-refractivity contribution in [3.05, 3.63) is 76.6 Å².